The minimum atomic E-state index is -0.427. The number of thiophene rings is 1. The molecule has 1 saturated carbocycles. The lowest BCUT2D eigenvalue weighted by molar-refractivity contribution is -0.125. The largest absolute Gasteiger partial charge is 0.469 e. The van der Waals surface area contributed by atoms with Gasteiger partial charge in [0.2, 0.25) is 5.91 Å². The zero-order valence-electron chi connectivity index (χ0n) is 18.9. The molecule has 1 fully saturated rings. The number of nitrogens with zero attached hydrogens (tertiary/aromatic N) is 1. The van der Waals surface area contributed by atoms with Crippen molar-refractivity contribution in [3.8, 4) is 0 Å². The van der Waals surface area contributed by atoms with Crippen LogP contribution in [0.4, 0.5) is 0 Å². The lowest BCUT2D eigenvalue weighted by Crippen LogP contribution is -2.51. The number of carbonyl (C=O) groups is 2. The van der Waals surface area contributed by atoms with Crippen LogP contribution in [0.5, 0.6) is 0 Å². The van der Waals surface area contributed by atoms with Crippen molar-refractivity contribution in [2.24, 2.45) is 0 Å². The summed E-state index contributed by atoms with van der Waals surface area (Å²) in [4.78, 5) is 30.7. The number of hydrogen-bond acceptors (Lipinski definition) is 4. The van der Waals surface area contributed by atoms with E-state index in [0.717, 1.165) is 54.7 Å². The van der Waals surface area contributed by atoms with Crippen molar-refractivity contribution in [2.75, 3.05) is 0 Å². The molecule has 2 aliphatic rings. The number of hydrogen-bond donors (Lipinski definition) is 1. The van der Waals surface area contributed by atoms with Crippen molar-refractivity contribution >= 4 is 23.2 Å². The molecule has 2 aromatic heterocycles. The van der Waals surface area contributed by atoms with Gasteiger partial charge in [0.1, 0.15) is 5.76 Å². The summed E-state index contributed by atoms with van der Waals surface area (Å²) in [6.45, 7) is 2.04. The van der Waals surface area contributed by atoms with Crippen molar-refractivity contribution in [2.45, 2.75) is 69.5 Å². The maximum absolute atomic E-state index is 13.8. The van der Waals surface area contributed by atoms with Crippen molar-refractivity contribution in [1.29, 1.82) is 0 Å². The second-order valence-corrected chi connectivity index (χ2v) is 10.2. The van der Waals surface area contributed by atoms with E-state index in [4.69, 9.17) is 4.42 Å². The van der Waals surface area contributed by atoms with Crippen LogP contribution >= 0.6 is 11.3 Å². The molecule has 33 heavy (non-hydrogen) atoms. The van der Waals surface area contributed by atoms with Gasteiger partial charge in [-0.15, -0.1) is 11.3 Å². The summed E-state index contributed by atoms with van der Waals surface area (Å²) in [5.74, 6) is 0.548. The average molecular weight is 463 g/mol. The van der Waals surface area contributed by atoms with Crippen LogP contribution in [-0.2, 0) is 11.2 Å². The molecule has 1 aromatic carbocycles. The molecule has 2 amide bonds. The van der Waals surface area contributed by atoms with Gasteiger partial charge in [-0.3, -0.25) is 9.59 Å². The highest BCUT2D eigenvalue weighted by atomic mass is 32.1. The summed E-state index contributed by atoms with van der Waals surface area (Å²) in [5, 5.41) is 5.29. The van der Waals surface area contributed by atoms with E-state index in [9.17, 15) is 9.59 Å². The summed E-state index contributed by atoms with van der Waals surface area (Å²) in [7, 11) is 0. The molecule has 0 radical (unpaired) electrons. The van der Waals surface area contributed by atoms with Gasteiger partial charge >= 0.3 is 0 Å². The molecule has 172 valence electrons. The fraction of sp³-hybridized carbons (Fsp3) is 0.407. The van der Waals surface area contributed by atoms with Gasteiger partial charge in [-0.25, -0.2) is 0 Å². The molecular weight excluding hydrogens is 432 g/mol. The Hall–Kier alpha value is -2.86. The van der Waals surface area contributed by atoms with Gasteiger partial charge in [0.15, 0.2) is 0 Å². The molecule has 1 aliphatic carbocycles. The van der Waals surface area contributed by atoms with E-state index in [0.29, 0.717) is 5.56 Å². The standard InChI is InChI=1S/C27H30N2O3S/c1-18(14-15-20-10-6-16-32-20)28-26(30)24-21-11-4-5-12-22(21)27(31)29(19-8-2-3-9-19)25(24)23-13-7-17-33-23/h4-7,10-13,16-19,24-25H,2-3,8-9,14-15H2,1H3,(H,28,30)/t18-,24+,25+/m1/s1. The third-order valence-electron chi connectivity index (χ3n) is 7.00. The first-order valence-electron chi connectivity index (χ1n) is 11.9. The van der Waals surface area contributed by atoms with Crippen molar-refractivity contribution in [3.63, 3.8) is 0 Å². The molecule has 3 heterocycles. The van der Waals surface area contributed by atoms with Crippen molar-refractivity contribution < 1.29 is 14.0 Å². The van der Waals surface area contributed by atoms with Gasteiger partial charge in [-0.1, -0.05) is 37.1 Å². The van der Waals surface area contributed by atoms with Crippen LogP contribution in [-0.4, -0.2) is 28.8 Å². The Morgan fingerprint density at radius 1 is 1.15 bits per heavy atom. The van der Waals surface area contributed by atoms with Gasteiger partial charge in [-0.05, 0) is 61.4 Å². The van der Waals surface area contributed by atoms with E-state index < -0.39 is 5.92 Å². The normalized spacial score (nSPS) is 21.7. The Morgan fingerprint density at radius 3 is 2.70 bits per heavy atom. The van der Waals surface area contributed by atoms with Gasteiger partial charge in [0.05, 0.1) is 18.2 Å². The summed E-state index contributed by atoms with van der Waals surface area (Å²) in [6, 6.07) is 15.5. The van der Waals surface area contributed by atoms with E-state index in [2.05, 4.69) is 11.4 Å². The number of aryl methyl sites for hydroxylation is 1. The Bertz CT molecular complexity index is 1090. The predicted octanol–water partition coefficient (Wildman–Crippen LogP) is 5.70. The summed E-state index contributed by atoms with van der Waals surface area (Å²) in [6.07, 6.45) is 7.52. The first kappa shape index (κ1) is 22.0. The second-order valence-electron chi connectivity index (χ2n) is 9.20. The Kier molecular flexibility index (Phi) is 6.36. The highest BCUT2D eigenvalue weighted by Crippen LogP contribution is 2.47. The van der Waals surface area contributed by atoms with E-state index in [1.165, 1.54) is 0 Å². The smallest absolute Gasteiger partial charge is 0.254 e. The molecule has 1 N–H and O–H groups in total. The maximum atomic E-state index is 13.8. The van der Waals surface area contributed by atoms with Crippen molar-refractivity contribution in [3.05, 3.63) is 81.9 Å². The van der Waals surface area contributed by atoms with Crippen LogP contribution in [0.2, 0.25) is 0 Å². The Balaban J connectivity index is 1.47. The third kappa shape index (κ3) is 4.36. The molecule has 3 aromatic rings. The topological polar surface area (TPSA) is 62.6 Å². The number of furan rings is 1. The van der Waals surface area contributed by atoms with Crippen LogP contribution in [0, 0.1) is 0 Å². The number of fused-ring (bicyclic) bond motifs is 1. The van der Waals surface area contributed by atoms with Crippen LogP contribution < -0.4 is 5.32 Å². The predicted molar refractivity (Wildman–Crippen MR) is 129 cm³/mol. The maximum Gasteiger partial charge on any atom is 0.254 e. The SMILES string of the molecule is C[C@H](CCc1ccco1)NC(=O)[C@H]1c2ccccc2C(=O)N(C2CCCC2)[C@H]1c1cccs1. The first-order valence-corrected chi connectivity index (χ1v) is 12.8. The first-order chi connectivity index (χ1) is 16.1. The lowest BCUT2D eigenvalue weighted by Gasteiger charge is -2.44. The van der Waals surface area contributed by atoms with Gasteiger partial charge in [0.25, 0.3) is 5.91 Å². The Morgan fingerprint density at radius 2 is 1.97 bits per heavy atom. The molecule has 1 aliphatic heterocycles. The lowest BCUT2D eigenvalue weighted by atomic mass is 9.80. The van der Waals surface area contributed by atoms with Crippen LogP contribution in [0.3, 0.4) is 0 Å². The zero-order chi connectivity index (χ0) is 22.8. The minimum absolute atomic E-state index is 0.00342. The van der Waals surface area contributed by atoms with E-state index >= 15 is 0 Å². The van der Waals surface area contributed by atoms with Gasteiger partial charge in [0, 0.05) is 28.9 Å². The van der Waals surface area contributed by atoms with Crippen LogP contribution in [0.15, 0.2) is 64.6 Å². The minimum Gasteiger partial charge on any atom is -0.469 e. The molecule has 6 heteroatoms. The number of carbonyl (C=O) groups excluding carboxylic acids is 2. The highest BCUT2D eigenvalue weighted by molar-refractivity contribution is 7.10. The molecule has 5 rings (SSSR count). The van der Waals surface area contributed by atoms with E-state index in [1.54, 1.807) is 17.6 Å². The van der Waals surface area contributed by atoms with E-state index in [-0.39, 0.29) is 29.9 Å². The number of benzene rings is 1. The Labute approximate surface area is 198 Å². The number of nitrogens with one attached hydrogen (secondary N) is 1. The van der Waals surface area contributed by atoms with Gasteiger partial charge in [-0.2, -0.15) is 0 Å². The molecule has 5 nitrogen and oxygen atoms in total. The monoisotopic (exact) mass is 462 g/mol. The van der Waals surface area contributed by atoms with Crippen molar-refractivity contribution in [1.82, 2.24) is 10.2 Å². The fourth-order valence-electron chi connectivity index (χ4n) is 5.40. The molecule has 0 bridgehead atoms. The fourth-order valence-corrected chi connectivity index (χ4v) is 6.26. The van der Waals surface area contributed by atoms with Gasteiger partial charge < -0.3 is 14.6 Å². The molecular formula is C27H30N2O3S. The second kappa shape index (κ2) is 9.56. The summed E-state index contributed by atoms with van der Waals surface area (Å²) >= 11 is 1.63. The number of rotatable bonds is 7. The molecule has 3 atom stereocenters. The van der Waals surface area contributed by atoms with Crippen LogP contribution in [0.1, 0.15) is 77.5 Å². The highest BCUT2D eigenvalue weighted by Gasteiger charge is 2.47. The molecule has 0 saturated heterocycles. The van der Waals surface area contributed by atoms with Crippen LogP contribution in [0.25, 0.3) is 0 Å². The summed E-state index contributed by atoms with van der Waals surface area (Å²) < 4.78 is 5.45. The average Bonchev–Trinajstić information content (AvgIpc) is 3.61. The zero-order valence-corrected chi connectivity index (χ0v) is 19.7. The van der Waals surface area contributed by atoms with E-state index in [1.807, 2.05) is 59.7 Å². The molecule has 0 unspecified atom stereocenters. The number of amides is 2. The summed E-state index contributed by atoms with van der Waals surface area (Å²) in [5.41, 5.74) is 1.51. The molecule has 0 spiro atoms. The quantitative estimate of drug-likeness (QED) is 0.490. The third-order valence-corrected chi connectivity index (χ3v) is 7.95.